The monoisotopic (exact) mass is 298 g/mol. The lowest BCUT2D eigenvalue weighted by molar-refractivity contribution is 0.440. The van der Waals surface area contributed by atoms with Gasteiger partial charge in [-0.05, 0) is 41.8 Å². The molecule has 0 fully saturated rings. The summed E-state index contributed by atoms with van der Waals surface area (Å²) in [6.45, 7) is 2.02. The Morgan fingerprint density at radius 1 is 1.21 bits per heavy atom. The number of benzene rings is 1. The van der Waals surface area contributed by atoms with Crippen LogP contribution in [-0.2, 0) is 6.42 Å². The number of nitrogens with zero attached hydrogens (tertiary/aromatic N) is 3. The first kappa shape index (κ1) is 13.8. The first-order valence-electron chi connectivity index (χ1n) is 5.68. The van der Waals surface area contributed by atoms with Gasteiger partial charge >= 0.3 is 6.01 Å². The van der Waals surface area contributed by atoms with Crippen LogP contribution in [0.5, 0.6) is 11.8 Å². The second kappa shape index (κ2) is 6.04. The molecule has 1 heterocycles. The van der Waals surface area contributed by atoms with Crippen molar-refractivity contribution in [3.05, 3.63) is 34.1 Å². The number of ether oxygens (including phenoxy) is 1. The maximum absolute atomic E-state index is 6.04. The van der Waals surface area contributed by atoms with Crippen LogP contribution in [0.3, 0.4) is 0 Å². The number of aryl methyl sites for hydroxylation is 1. The Hall–Kier alpha value is -1.59. The Morgan fingerprint density at radius 3 is 2.68 bits per heavy atom. The normalized spacial score (nSPS) is 10.3. The summed E-state index contributed by atoms with van der Waals surface area (Å²) in [5.74, 6) is 0.949. The SMILES string of the molecule is CCc1cc(Oc2nc(Cl)nc(NC)n2)ccc1Cl. The van der Waals surface area contributed by atoms with Gasteiger partial charge in [0.15, 0.2) is 0 Å². The molecule has 2 rings (SSSR count). The van der Waals surface area contributed by atoms with Crippen molar-refractivity contribution in [3.8, 4) is 11.8 Å². The van der Waals surface area contributed by atoms with Gasteiger partial charge in [-0.25, -0.2) is 0 Å². The molecule has 0 radical (unpaired) electrons. The van der Waals surface area contributed by atoms with E-state index in [-0.39, 0.29) is 11.3 Å². The van der Waals surface area contributed by atoms with Gasteiger partial charge in [0.25, 0.3) is 0 Å². The average Bonchev–Trinajstić information content (AvgIpc) is 2.40. The molecular weight excluding hydrogens is 287 g/mol. The van der Waals surface area contributed by atoms with E-state index in [0.29, 0.717) is 16.7 Å². The highest BCUT2D eigenvalue weighted by Crippen LogP contribution is 2.25. The fourth-order valence-corrected chi connectivity index (χ4v) is 1.88. The van der Waals surface area contributed by atoms with Crippen LogP contribution in [-0.4, -0.2) is 22.0 Å². The quantitative estimate of drug-likeness (QED) is 0.935. The van der Waals surface area contributed by atoms with E-state index in [9.17, 15) is 0 Å². The molecule has 0 amide bonds. The van der Waals surface area contributed by atoms with E-state index in [4.69, 9.17) is 27.9 Å². The molecule has 100 valence electrons. The van der Waals surface area contributed by atoms with Crippen molar-refractivity contribution in [2.45, 2.75) is 13.3 Å². The first-order chi connectivity index (χ1) is 9.12. The second-order valence-corrected chi connectivity index (χ2v) is 4.41. The lowest BCUT2D eigenvalue weighted by atomic mass is 10.1. The number of hydrogen-bond acceptors (Lipinski definition) is 5. The zero-order chi connectivity index (χ0) is 13.8. The van der Waals surface area contributed by atoms with Crippen molar-refractivity contribution in [2.75, 3.05) is 12.4 Å². The molecule has 1 N–H and O–H groups in total. The van der Waals surface area contributed by atoms with E-state index in [0.717, 1.165) is 12.0 Å². The fraction of sp³-hybridized carbons (Fsp3) is 0.250. The van der Waals surface area contributed by atoms with Crippen LogP contribution in [0.15, 0.2) is 18.2 Å². The van der Waals surface area contributed by atoms with E-state index in [2.05, 4.69) is 20.3 Å². The average molecular weight is 299 g/mol. The van der Waals surface area contributed by atoms with Crippen molar-refractivity contribution in [1.82, 2.24) is 15.0 Å². The summed E-state index contributed by atoms with van der Waals surface area (Å²) in [6, 6.07) is 5.50. The van der Waals surface area contributed by atoms with Crippen molar-refractivity contribution in [1.29, 1.82) is 0 Å². The van der Waals surface area contributed by atoms with Crippen LogP contribution in [0.4, 0.5) is 5.95 Å². The molecule has 1 aromatic heterocycles. The number of nitrogens with one attached hydrogen (secondary N) is 1. The molecule has 2 aromatic rings. The maximum Gasteiger partial charge on any atom is 0.328 e. The number of anilines is 1. The molecule has 5 nitrogen and oxygen atoms in total. The van der Waals surface area contributed by atoms with Crippen LogP contribution >= 0.6 is 23.2 Å². The molecule has 0 unspecified atom stereocenters. The Bertz CT molecular complexity index is 592. The molecule has 7 heteroatoms. The van der Waals surface area contributed by atoms with Crippen LogP contribution in [0.2, 0.25) is 10.3 Å². The minimum absolute atomic E-state index is 0.0685. The molecule has 0 atom stereocenters. The molecule has 1 aromatic carbocycles. The lowest BCUT2D eigenvalue weighted by Gasteiger charge is -2.07. The smallest absolute Gasteiger partial charge is 0.328 e. The van der Waals surface area contributed by atoms with Crippen molar-refractivity contribution < 1.29 is 4.74 Å². The van der Waals surface area contributed by atoms with Crippen molar-refractivity contribution in [2.24, 2.45) is 0 Å². The molecule has 0 aliphatic carbocycles. The van der Waals surface area contributed by atoms with E-state index >= 15 is 0 Å². The zero-order valence-corrected chi connectivity index (χ0v) is 12.0. The Kier molecular flexibility index (Phi) is 4.39. The third-order valence-electron chi connectivity index (χ3n) is 2.42. The van der Waals surface area contributed by atoms with Crippen molar-refractivity contribution in [3.63, 3.8) is 0 Å². The van der Waals surface area contributed by atoms with Gasteiger partial charge in [0.05, 0.1) is 0 Å². The van der Waals surface area contributed by atoms with E-state index in [1.54, 1.807) is 19.2 Å². The van der Waals surface area contributed by atoms with Gasteiger partial charge in [0.1, 0.15) is 5.75 Å². The van der Waals surface area contributed by atoms with Gasteiger partial charge in [-0.2, -0.15) is 15.0 Å². The summed E-state index contributed by atoms with van der Waals surface area (Å²) in [5, 5.41) is 3.55. The summed E-state index contributed by atoms with van der Waals surface area (Å²) in [4.78, 5) is 11.8. The highest BCUT2D eigenvalue weighted by atomic mass is 35.5. The van der Waals surface area contributed by atoms with Crippen molar-refractivity contribution >= 4 is 29.2 Å². The molecule has 0 saturated heterocycles. The first-order valence-corrected chi connectivity index (χ1v) is 6.43. The minimum atomic E-state index is 0.0685. The van der Waals surface area contributed by atoms with Gasteiger partial charge in [0.2, 0.25) is 11.2 Å². The predicted octanol–water partition coefficient (Wildman–Crippen LogP) is 3.57. The highest BCUT2D eigenvalue weighted by molar-refractivity contribution is 6.31. The number of rotatable bonds is 4. The highest BCUT2D eigenvalue weighted by Gasteiger charge is 2.07. The van der Waals surface area contributed by atoms with Gasteiger partial charge < -0.3 is 10.1 Å². The maximum atomic E-state index is 6.04. The number of aromatic nitrogens is 3. The third kappa shape index (κ3) is 3.45. The summed E-state index contributed by atoms with van der Waals surface area (Å²) in [5.41, 5.74) is 0.994. The Morgan fingerprint density at radius 2 is 2.00 bits per heavy atom. The predicted molar refractivity (Wildman–Crippen MR) is 75.3 cm³/mol. The van der Waals surface area contributed by atoms with Gasteiger partial charge in [-0.1, -0.05) is 18.5 Å². The van der Waals surface area contributed by atoms with Crippen LogP contribution in [0, 0.1) is 0 Å². The number of halogens is 2. The van der Waals surface area contributed by atoms with Crippen LogP contribution in [0.1, 0.15) is 12.5 Å². The van der Waals surface area contributed by atoms with Crippen LogP contribution < -0.4 is 10.1 Å². The fourth-order valence-electron chi connectivity index (χ4n) is 1.48. The van der Waals surface area contributed by atoms with E-state index in [1.807, 2.05) is 13.0 Å². The Balaban J connectivity index is 2.28. The van der Waals surface area contributed by atoms with Gasteiger partial charge in [0, 0.05) is 12.1 Å². The molecular formula is C12H12Cl2N4O. The standard InChI is InChI=1S/C12H12Cl2N4O/c1-3-7-6-8(4-5-9(7)13)19-12-17-10(14)16-11(15-2)18-12/h4-6H,3H2,1-2H3,(H,15,16,17,18). The summed E-state index contributed by atoms with van der Waals surface area (Å²) in [6.07, 6.45) is 0.815. The minimum Gasteiger partial charge on any atom is -0.424 e. The second-order valence-electron chi connectivity index (χ2n) is 3.67. The largest absolute Gasteiger partial charge is 0.424 e. The Labute approximate surface area is 121 Å². The van der Waals surface area contributed by atoms with E-state index in [1.165, 1.54) is 0 Å². The molecule has 19 heavy (non-hydrogen) atoms. The van der Waals surface area contributed by atoms with Crippen LogP contribution in [0.25, 0.3) is 0 Å². The zero-order valence-electron chi connectivity index (χ0n) is 10.4. The summed E-state index contributed by atoms with van der Waals surface area (Å²) < 4.78 is 5.55. The number of hydrogen-bond donors (Lipinski definition) is 1. The molecule has 0 bridgehead atoms. The summed E-state index contributed by atoms with van der Waals surface area (Å²) >= 11 is 11.8. The molecule has 0 aliphatic rings. The molecule has 0 spiro atoms. The molecule has 0 aliphatic heterocycles. The van der Waals surface area contributed by atoms with Gasteiger partial charge in [-0.15, -0.1) is 0 Å². The third-order valence-corrected chi connectivity index (χ3v) is 2.96. The molecule has 0 saturated carbocycles. The summed E-state index contributed by atoms with van der Waals surface area (Å²) in [7, 11) is 1.69. The lowest BCUT2D eigenvalue weighted by Crippen LogP contribution is -2.01. The van der Waals surface area contributed by atoms with E-state index < -0.39 is 0 Å². The topological polar surface area (TPSA) is 59.9 Å². The van der Waals surface area contributed by atoms with Gasteiger partial charge in [-0.3, -0.25) is 0 Å².